The van der Waals surface area contributed by atoms with Crippen LogP contribution in [-0.2, 0) is 23.8 Å². The summed E-state index contributed by atoms with van der Waals surface area (Å²) in [6.45, 7) is 3.29. The van der Waals surface area contributed by atoms with E-state index in [0.29, 0.717) is 0 Å². The zero-order valence-electron chi connectivity index (χ0n) is 10.1. The highest BCUT2D eigenvalue weighted by Crippen LogP contribution is 2.36. The number of aliphatic hydroxyl groups is 1. The minimum Gasteiger partial charge on any atom is -0.456 e. The molecule has 0 spiro atoms. The van der Waals surface area contributed by atoms with E-state index in [2.05, 4.69) is 14.2 Å². The van der Waals surface area contributed by atoms with Crippen LogP contribution in [0.25, 0.3) is 0 Å². The highest BCUT2D eigenvalue weighted by Gasteiger charge is 2.60. The van der Waals surface area contributed by atoms with Crippen molar-refractivity contribution in [3.8, 4) is 0 Å². The highest BCUT2D eigenvalue weighted by molar-refractivity contribution is 5.67. The second-order valence-corrected chi connectivity index (χ2v) is 3.97. The lowest BCUT2D eigenvalue weighted by Gasteiger charge is -2.42. The Morgan fingerprint density at radius 2 is 1.72 bits per heavy atom. The second kappa shape index (κ2) is 5.15. The maximum absolute atomic E-state index is 13.7. The minimum atomic E-state index is -3.86. The summed E-state index contributed by atoms with van der Waals surface area (Å²) in [5, 5.41) is 9.14. The van der Waals surface area contributed by atoms with Crippen LogP contribution >= 0.6 is 0 Å². The molecule has 4 atom stereocenters. The van der Waals surface area contributed by atoms with Crippen LogP contribution < -0.4 is 0 Å². The van der Waals surface area contributed by atoms with Gasteiger partial charge >= 0.3 is 17.9 Å². The first kappa shape index (κ1) is 14.8. The first-order chi connectivity index (χ1) is 8.16. The van der Waals surface area contributed by atoms with Gasteiger partial charge < -0.3 is 19.3 Å². The van der Waals surface area contributed by atoms with Gasteiger partial charge in [0.2, 0.25) is 12.4 Å². The van der Waals surface area contributed by atoms with Gasteiger partial charge in [0, 0.05) is 13.8 Å². The van der Waals surface area contributed by atoms with Crippen LogP contribution in [-0.4, -0.2) is 47.6 Å². The third kappa shape index (κ3) is 2.94. The maximum Gasteiger partial charge on any atom is 0.337 e. The van der Waals surface area contributed by atoms with E-state index in [1.165, 1.54) is 6.92 Å². The summed E-state index contributed by atoms with van der Waals surface area (Å²) >= 11 is 0. The minimum absolute atomic E-state index is 0.820. The quantitative estimate of drug-likeness (QED) is 0.721. The van der Waals surface area contributed by atoms with Crippen LogP contribution in [0, 0.1) is 0 Å². The Morgan fingerprint density at radius 3 is 2.17 bits per heavy atom. The van der Waals surface area contributed by atoms with E-state index in [0.717, 1.165) is 13.8 Å². The molecule has 0 aromatic rings. The van der Waals surface area contributed by atoms with Crippen molar-refractivity contribution in [2.24, 2.45) is 0 Å². The summed E-state index contributed by atoms with van der Waals surface area (Å²) in [7, 11) is 0. The summed E-state index contributed by atoms with van der Waals surface area (Å²) in [6.07, 6.45) is -7.03. The topological polar surface area (TPSA) is 82.1 Å². The van der Waals surface area contributed by atoms with E-state index in [-0.39, 0.29) is 0 Å². The predicted molar refractivity (Wildman–Crippen MR) is 52.6 cm³/mol. The molecule has 1 aliphatic heterocycles. The summed E-state index contributed by atoms with van der Waals surface area (Å²) < 4.78 is 41.0. The van der Waals surface area contributed by atoms with Gasteiger partial charge in [0.25, 0.3) is 0 Å². The number of ether oxygens (including phenoxy) is 3. The summed E-state index contributed by atoms with van der Waals surface area (Å²) in [5.41, 5.74) is 0. The lowest BCUT2D eigenvalue weighted by atomic mass is 9.98. The van der Waals surface area contributed by atoms with Gasteiger partial charge in [-0.15, -0.1) is 0 Å². The van der Waals surface area contributed by atoms with Gasteiger partial charge in [-0.25, -0.2) is 0 Å². The first-order valence-corrected chi connectivity index (χ1v) is 5.22. The molecule has 1 aliphatic rings. The molecule has 8 heteroatoms. The van der Waals surface area contributed by atoms with Gasteiger partial charge in [-0.3, -0.25) is 9.59 Å². The van der Waals surface area contributed by atoms with Crippen LogP contribution in [0.2, 0.25) is 0 Å². The van der Waals surface area contributed by atoms with Crippen molar-refractivity contribution in [3.63, 3.8) is 0 Å². The average molecular weight is 268 g/mol. The van der Waals surface area contributed by atoms with Gasteiger partial charge in [0.1, 0.15) is 0 Å². The van der Waals surface area contributed by atoms with Crippen molar-refractivity contribution in [3.05, 3.63) is 0 Å². The van der Waals surface area contributed by atoms with Gasteiger partial charge in [-0.05, 0) is 6.92 Å². The number of esters is 2. The first-order valence-electron chi connectivity index (χ1n) is 5.22. The van der Waals surface area contributed by atoms with Crippen LogP contribution in [0.4, 0.5) is 8.78 Å². The van der Waals surface area contributed by atoms with E-state index < -0.39 is 42.5 Å². The molecule has 1 N–H and O–H groups in total. The molecule has 0 bridgehead atoms. The number of alkyl halides is 2. The van der Waals surface area contributed by atoms with E-state index in [9.17, 15) is 18.4 Å². The Bertz CT molecular complexity index is 345. The third-order valence-corrected chi connectivity index (χ3v) is 2.41. The Morgan fingerprint density at radius 1 is 1.22 bits per heavy atom. The fraction of sp³-hybridized carbons (Fsp3) is 0.800. The molecule has 18 heavy (non-hydrogen) atoms. The van der Waals surface area contributed by atoms with Crippen molar-refractivity contribution < 1.29 is 37.7 Å². The molecular weight excluding hydrogens is 254 g/mol. The largest absolute Gasteiger partial charge is 0.456 e. The number of hydrogen-bond acceptors (Lipinski definition) is 6. The van der Waals surface area contributed by atoms with Crippen LogP contribution in [0.15, 0.2) is 0 Å². The molecule has 0 saturated carbocycles. The molecule has 0 amide bonds. The van der Waals surface area contributed by atoms with Gasteiger partial charge in [-0.2, -0.15) is 8.78 Å². The molecule has 0 aromatic heterocycles. The zero-order chi connectivity index (χ0) is 14.1. The number of halogens is 2. The molecule has 0 aromatic carbocycles. The Kier molecular flexibility index (Phi) is 4.23. The Hall–Kier alpha value is -1.28. The maximum atomic E-state index is 13.7. The summed E-state index contributed by atoms with van der Waals surface area (Å²) in [4.78, 5) is 21.7. The lowest BCUT2D eigenvalue weighted by Crippen LogP contribution is -2.63. The number of aliphatic hydroxyl groups excluding tert-OH is 1. The van der Waals surface area contributed by atoms with Gasteiger partial charge in [0.15, 0.2) is 6.10 Å². The number of carbonyl (C=O) groups is 2. The standard InChI is InChI=1S/C10H14F2O6/c1-4-7(17-5(2)13)8(18-6(3)14)10(11,12)9(15)16-4/h4,7-9,15H,1-3H3/t4-,7+,8+,9?/m0/s1. The normalized spacial score (nSPS) is 34.8. The fourth-order valence-corrected chi connectivity index (χ4v) is 1.65. The van der Waals surface area contributed by atoms with Crippen molar-refractivity contribution in [1.82, 2.24) is 0 Å². The van der Waals surface area contributed by atoms with E-state index >= 15 is 0 Å². The van der Waals surface area contributed by atoms with Crippen LogP contribution in [0.3, 0.4) is 0 Å². The molecule has 1 saturated heterocycles. The monoisotopic (exact) mass is 268 g/mol. The molecule has 1 fully saturated rings. The van der Waals surface area contributed by atoms with Gasteiger partial charge in [-0.1, -0.05) is 0 Å². The fourth-order valence-electron chi connectivity index (χ4n) is 1.65. The zero-order valence-corrected chi connectivity index (χ0v) is 10.1. The molecule has 1 unspecified atom stereocenters. The van der Waals surface area contributed by atoms with E-state index in [1.54, 1.807) is 0 Å². The Labute approximate surface area is 102 Å². The smallest absolute Gasteiger partial charge is 0.337 e. The van der Waals surface area contributed by atoms with Crippen molar-refractivity contribution in [1.29, 1.82) is 0 Å². The van der Waals surface area contributed by atoms with Crippen molar-refractivity contribution in [2.75, 3.05) is 0 Å². The molecule has 1 rings (SSSR count). The molecule has 104 valence electrons. The molecule has 6 nitrogen and oxygen atoms in total. The Balaban J connectivity index is 3.02. The number of hydrogen-bond donors (Lipinski definition) is 1. The van der Waals surface area contributed by atoms with E-state index in [4.69, 9.17) is 5.11 Å². The van der Waals surface area contributed by atoms with E-state index in [1.807, 2.05) is 0 Å². The summed E-state index contributed by atoms with van der Waals surface area (Å²) in [5.74, 6) is -5.66. The van der Waals surface area contributed by atoms with Crippen molar-refractivity contribution in [2.45, 2.75) is 51.3 Å². The van der Waals surface area contributed by atoms with Crippen molar-refractivity contribution >= 4 is 11.9 Å². The van der Waals surface area contributed by atoms with Crippen LogP contribution in [0.5, 0.6) is 0 Å². The molecule has 0 aliphatic carbocycles. The number of rotatable bonds is 2. The molecule has 0 radical (unpaired) electrons. The van der Waals surface area contributed by atoms with Crippen LogP contribution in [0.1, 0.15) is 20.8 Å². The number of carbonyl (C=O) groups excluding carboxylic acids is 2. The summed E-state index contributed by atoms with van der Waals surface area (Å²) in [6, 6.07) is 0. The average Bonchev–Trinajstić information content (AvgIpc) is 2.20. The molecular formula is C10H14F2O6. The third-order valence-electron chi connectivity index (χ3n) is 2.41. The second-order valence-electron chi connectivity index (χ2n) is 3.97. The SMILES string of the molecule is CC(=O)O[C@@H]1[C@H](C)OC(O)C(F)(F)[C@@H]1OC(C)=O. The predicted octanol–water partition coefficient (Wildman–Crippen LogP) is 0.222. The van der Waals surface area contributed by atoms with Gasteiger partial charge in [0.05, 0.1) is 6.10 Å². The lowest BCUT2D eigenvalue weighted by molar-refractivity contribution is -0.342. The molecule has 1 heterocycles. The highest BCUT2D eigenvalue weighted by atomic mass is 19.3.